The topological polar surface area (TPSA) is 59.8 Å². The first-order valence-corrected chi connectivity index (χ1v) is 8.18. The first-order valence-electron chi connectivity index (χ1n) is 8.18. The van der Waals surface area contributed by atoms with Gasteiger partial charge in [-0.2, -0.15) is 5.10 Å². The summed E-state index contributed by atoms with van der Waals surface area (Å²) in [5, 5.41) is 7.53. The van der Waals surface area contributed by atoms with E-state index < -0.39 is 0 Å². The molecule has 0 bridgehead atoms. The molecule has 0 radical (unpaired) electrons. The molecule has 1 N–H and O–H groups in total. The average molecular weight is 314 g/mol. The SMILES string of the molecule is CC(=O)N[C@H](CC(C)C)c1nc(C)nn1CCc1ccccc1. The van der Waals surface area contributed by atoms with Crippen molar-refractivity contribution < 1.29 is 4.79 Å². The highest BCUT2D eigenvalue weighted by atomic mass is 16.1. The fraction of sp³-hybridized carbons (Fsp3) is 0.500. The van der Waals surface area contributed by atoms with Crippen LogP contribution < -0.4 is 5.32 Å². The van der Waals surface area contributed by atoms with E-state index in [1.165, 1.54) is 5.56 Å². The normalized spacial score (nSPS) is 12.4. The molecule has 1 atom stereocenters. The summed E-state index contributed by atoms with van der Waals surface area (Å²) in [5.41, 5.74) is 1.27. The maximum atomic E-state index is 11.5. The average Bonchev–Trinajstić information content (AvgIpc) is 2.85. The number of carbonyl (C=O) groups excluding carboxylic acids is 1. The van der Waals surface area contributed by atoms with Gasteiger partial charge in [0.1, 0.15) is 11.6 Å². The highest BCUT2D eigenvalue weighted by Crippen LogP contribution is 2.20. The number of rotatable bonds is 7. The zero-order valence-corrected chi connectivity index (χ0v) is 14.4. The summed E-state index contributed by atoms with van der Waals surface area (Å²) in [7, 11) is 0. The molecular weight excluding hydrogens is 288 g/mol. The van der Waals surface area contributed by atoms with E-state index in [0.29, 0.717) is 5.92 Å². The van der Waals surface area contributed by atoms with Gasteiger partial charge < -0.3 is 5.32 Å². The van der Waals surface area contributed by atoms with Crippen LogP contribution in [0.2, 0.25) is 0 Å². The van der Waals surface area contributed by atoms with Crippen molar-refractivity contribution in [2.24, 2.45) is 5.92 Å². The van der Waals surface area contributed by atoms with Crippen LogP contribution in [0.5, 0.6) is 0 Å². The minimum atomic E-state index is -0.0931. The number of benzene rings is 1. The quantitative estimate of drug-likeness (QED) is 0.854. The third-order valence-corrected chi connectivity index (χ3v) is 3.66. The third-order valence-electron chi connectivity index (χ3n) is 3.66. The molecule has 0 saturated carbocycles. The second-order valence-corrected chi connectivity index (χ2v) is 6.36. The standard InChI is InChI=1S/C18H26N4O/c1-13(2)12-17(20-15(4)23)18-19-14(3)21-22(18)11-10-16-8-6-5-7-9-16/h5-9,13,17H,10-12H2,1-4H3,(H,20,23)/t17-/m1/s1. The second-order valence-electron chi connectivity index (χ2n) is 6.36. The van der Waals surface area contributed by atoms with E-state index in [-0.39, 0.29) is 11.9 Å². The Hall–Kier alpha value is -2.17. The van der Waals surface area contributed by atoms with Crippen LogP contribution in [0.4, 0.5) is 0 Å². The number of hydrogen-bond acceptors (Lipinski definition) is 3. The van der Waals surface area contributed by atoms with Crippen LogP contribution in [0.1, 0.15) is 50.4 Å². The molecule has 0 aliphatic carbocycles. The van der Waals surface area contributed by atoms with E-state index in [9.17, 15) is 4.79 Å². The molecule has 0 spiro atoms. The molecule has 23 heavy (non-hydrogen) atoms. The van der Waals surface area contributed by atoms with Gasteiger partial charge in [0, 0.05) is 13.5 Å². The summed E-state index contributed by atoms with van der Waals surface area (Å²) < 4.78 is 1.94. The highest BCUT2D eigenvalue weighted by Gasteiger charge is 2.21. The number of amides is 1. The Labute approximate surface area is 138 Å². The lowest BCUT2D eigenvalue weighted by molar-refractivity contribution is -0.119. The van der Waals surface area contributed by atoms with Crippen LogP contribution in [-0.4, -0.2) is 20.7 Å². The van der Waals surface area contributed by atoms with Crippen LogP contribution in [-0.2, 0) is 17.8 Å². The zero-order valence-electron chi connectivity index (χ0n) is 14.4. The Kier molecular flexibility index (Phi) is 5.90. The van der Waals surface area contributed by atoms with Gasteiger partial charge in [-0.3, -0.25) is 4.79 Å². The number of nitrogens with zero attached hydrogens (tertiary/aromatic N) is 3. The van der Waals surface area contributed by atoms with Crippen LogP contribution in [0, 0.1) is 12.8 Å². The van der Waals surface area contributed by atoms with Crippen LogP contribution in [0.25, 0.3) is 0 Å². The van der Waals surface area contributed by atoms with E-state index in [4.69, 9.17) is 0 Å². The van der Waals surface area contributed by atoms with Gasteiger partial charge in [0.25, 0.3) is 0 Å². The van der Waals surface area contributed by atoms with E-state index in [1.807, 2.05) is 29.8 Å². The minimum Gasteiger partial charge on any atom is -0.346 e. The number of nitrogens with one attached hydrogen (secondary N) is 1. The van der Waals surface area contributed by atoms with E-state index >= 15 is 0 Å². The summed E-state index contributed by atoms with van der Waals surface area (Å²) in [6, 6.07) is 10.2. The van der Waals surface area contributed by atoms with Crippen LogP contribution in [0.15, 0.2) is 30.3 Å². The van der Waals surface area contributed by atoms with Gasteiger partial charge in [0.2, 0.25) is 5.91 Å². The number of carbonyl (C=O) groups is 1. The van der Waals surface area contributed by atoms with Crippen molar-refractivity contribution >= 4 is 5.91 Å². The largest absolute Gasteiger partial charge is 0.346 e. The number of aryl methyl sites for hydroxylation is 3. The minimum absolute atomic E-state index is 0.0362. The van der Waals surface area contributed by atoms with Crippen molar-refractivity contribution in [2.75, 3.05) is 0 Å². The number of hydrogen-bond donors (Lipinski definition) is 1. The van der Waals surface area contributed by atoms with Crippen LogP contribution in [0.3, 0.4) is 0 Å². The second kappa shape index (κ2) is 7.90. The van der Waals surface area contributed by atoms with Gasteiger partial charge >= 0.3 is 0 Å². The molecule has 1 aromatic heterocycles. The molecule has 0 unspecified atom stereocenters. The Morgan fingerprint density at radius 1 is 1.26 bits per heavy atom. The first-order chi connectivity index (χ1) is 11.0. The van der Waals surface area contributed by atoms with Gasteiger partial charge in [0.15, 0.2) is 0 Å². The third kappa shape index (κ3) is 5.20. The zero-order chi connectivity index (χ0) is 16.8. The Morgan fingerprint density at radius 2 is 1.96 bits per heavy atom. The maximum absolute atomic E-state index is 11.5. The molecule has 2 rings (SSSR count). The van der Waals surface area contributed by atoms with Gasteiger partial charge in [-0.05, 0) is 31.2 Å². The van der Waals surface area contributed by atoms with Crippen molar-refractivity contribution in [2.45, 2.75) is 53.1 Å². The van der Waals surface area contributed by atoms with Gasteiger partial charge in [-0.15, -0.1) is 0 Å². The molecule has 0 aliphatic rings. The molecule has 0 saturated heterocycles. The lowest BCUT2D eigenvalue weighted by atomic mass is 10.0. The van der Waals surface area contributed by atoms with Gasteiger partial charge in [-0.1, -0.05) is 44.2 Å². The lowest BCUT2D eigenvalue weighted by Crippen LogP contribution is -2.30. The Morgan fingerprint density at radius 3 is 2.57 bits per heavy atom. The summed E-state index contributed by atoms with van der Waals surface area (Å²) in [6.07, 6.45) is 1.74. The molecule has 5 nitrogen and oxygen atoms in total. The Bertz CT molecular complexity index is 634. The molecule has 1 aromatic carbocycles. The molecular formula is C18H26N4O. The van der Waals surface area contributed by atoms with Crippen molar-refractivity contribution in [1.29, 1.82) is 0 Å². The van der Waals surface area contributed by atoms with Gasteiger partial charge in [0.05, 0.1) is 6.04 Å². The molecule has 0 fully saturated rings. The van der Waals surface area contributed by atoms with E-state index in [2.05, 4.69) is 41.4 Å². The fourth-order valence-corrected chi connectivity index (χ4v) is 2.72. The smallest absolute Gasteiger partial charge is 0.217 e. The first kappa shape index (κ1) is 17.2. The molecule has 1 heterocycles. The summed E-state index contributed by atoms with van der Waals surface area (Å²) >= 11 is 0. The summed E-state index contributed by atoms with van der Waals surface area (Å²) in [5.74, 6) is 2.02. The molecule has 2 aromatic rings. The van der Waals surface area contributed by atoms with Crippen LogP contribution >= 0.6 is 0 Å². The Balaban J connectivity index is 2.18. The van der Waals surface area contributed by atoms with Gasteiger partial charge in [-0.25, -0.2) is 9.67 Å². The molecule has 124 valence electrons. The van der Waals surface area contributed by atoms with Crippen molar-refractivity contribution in [3.8, 4) is 0 Å². The lowest BCUT2D eigenvalue weighted by Gasteiger charge is -2.20. The molecule has 1 amide bonds. The summed E-state index contributed by atoms with van der Waals surface area (Å²) in [4.78, 5) is 16.1. The van der Waals surface area contributed by atoms with Crippen molar-refractivity contribution in [3.63, 3.8) is 0 Å². The number of aromatic nitrogens is 3. The predicted molar refractivity (Wildman–Crippen MR) is 90.9 cm³/mol. The molecule has 0 aliphatic heterocycles. The molecule has 5 heteroatoms. The monoisotopic (exact) mass is 314 g/mol. The van der Waals surface area contributed by atoms with Crippen molar-refractivity contribution in [3.05, 3.63) is 47.5 Å². The highest BCUT2D eigenvalue weighted by molar-refractivity contribution is 5.73. The fourth-order valence-electron chi connectivity index (χ4n) is 2.72. The van der Waals surface area contributed by atoms with E-state index in [0.717, 1.165) is 31.0 Å². The van der Waals surface area contributed by atoms with E-state index in [1.54, 1.807) is 6.92 Å². The van der Waals surface area contributed by atoms with Crippen molar-refractivity contribution in [1.82, 2.24) is 20.1 Å². The predicted octanol–water partition coefficient (Wildman–Crippen LogP) is 3.05. The maximum Gasteiger partial charge on any atom is 0.217 e. The summed E-state index contributed by atoms with van der Waals surface area (Å²) in [6.45, 7) is 8.49.